The summed E-state index contributed by atoms with van der Waals surface area (Å²) in [6.45, 7) is 0.364. The lowest BCUT2D eigenvalue weighted by Gasteiger charge is -2.28. The third-order valence-electron chi connectivity index (χ3n) is 6.35. The third-order valence-corrected chi connectivity index (χ3v) is 8.63. The van der Waals surface area contributed by atoms with E-state index in [1.54, 1.807) is 78.7 Å². The Labute approximate surface area is 197 Å². The highest BCUT2D eigenvalue weighted by Crippen LogP contribution is 2.38. The molecule has 3 amide bonds. The molecule has 2 aliphatic heterocycles. The number of sulfone groups is 1. The van der Waals surface area contributed by atoms with Gasteiger partial charge in [0.15, 0.2) is 4.87 Å². The van der Waals surface area contributed by atoms with Crippen molar-refractivity contribution in [3.8, 4) is 5.75 Å². The Morgan fingerprint density at radius 3 is 2.41 bits per heavy atom. The maximum atomic E-state index is 13.9. The van der Waals surface area contributed by atoms with E-state index in [4.69, 9.17) is 4.74 Å². The van der Waals surface area contributed by atoms with Crippen molar-refractivity contribution in [3.63, 3.8) is 0 Å². The Kier molecular flexibility index (Phi) is 5.28. The maximum Gasteiger partial charge on any atom is 0.316 e. The van der Waals surface area contributed by atoms with E-state index in [0.29, 0.717) is 35.5 Å². The van der Waals surface area contributed by atoms with Gasteiger partial charge in [0.05, 0.1) is 18.6 Å². The minimum atomic E-state index is -4.02. The first-order chi connectivity index (χ1) is 16.4. The van der Waals surface area contributed by atoms with Gasteiger partial charge < -0.3 is 20.3 Å². The fraction of sp³-hybridized carbons (Fsp3) is 0.200. The lowest BCUT2D eigenvalue weighted by atomic mass is 10.1. The molecule has 2 aliphatic rings. The van der Waals surface area contributed by atoms with Crippen molar-refractivity contribution in [2.45, 2.75) is 16.2 Å². The zero-order valence-corrected chi connectivity index (χ0v) is 19.3. The van der Waals surface area contributed by atoms with Gasteiger partial charge in [-0.3, -0.25) is 4.79 Å². The van der Waals surface area contributed by atoms with Crippen LogP contribution in [0.3, 0.4) is 0 Å². The van der Waals surface area contributed by atoms with Gasteiger partial charge in [0.25, 0.3) is 5.91 Å². The molecule has 34 heavy (non-hydrogen) atoms. The van der Waals surface area contributed by atoms with Gasteiger partial charge in [0.1, 0.15) is 5.75 Å². The molecule has 2 N–H and O–H groups in total. The van der Waals surface area contributed by atoms with Crippen LogP contribution in [0.25, 0.3) is 0 Å². The van der Waals surface area contributed by atoms with Crippen LogP contribution in [0.1, 0.15) is 21.5 Å². The zero-order valence-electron chi connectivity index (χ0n) is 18.4. The molecule has 1 unspecified atom stereocenters. The second-order valence-electron chi connectivity index (χ2n) is 8.23. The van der Waals surface area contributed by atoms with Crippen molar-refractivity contribution in [2.75, 3.05) is 25.1 Å². The molecule has 0 spiro atoms. The minimum absolute atomic E-state index is 0.0860. The number of nitrogens with one attached hydrogen (secondary N) is 2. The highest BCUT2D eigenvalue weighted by Gasteiger charge is 2.51. The quantitative estimate of drug-likeness (QED) is 0.588. The van der Waals surface area contributed by atoms with Gasteiger partial charge in [0.2, 0.25) is 9.84 Å². The molecule has 3 aromatic carbocycles. The first-order valence-electron chi connectivity index (χ1n) is 10.8. The summed E-state index contributed by atoms with van der Waals surface area (Å²) in [6, 6.07) is 19.8. The highest BCUT2D eigenvalue weighted by molar-refractivity contribution is 7.92. The molecule has 9 heteroatoms. The van der Waals surface area contributed by atoms with Crippen LogP contribution in [0.4, 0.5) is 10.5 Å². The van der Waals surface area contributed by atoms with Gasteiger partial charge in [0, 0.05) is 17.8 Å². The number of methoxy groups -OCH3 is 1. The predicted molar refractivity (Wildman–Crippen MR) is 127 cm³/mol. The fourth-order valence-electron chi connectivity index (χ4n) is 4.52. The maximum absolute atomic E-state index is 13.9. The molecule has 1 atom stereocenters. The lowest BCUT2D eigenvalue weighted by Crippen LogP contribution is -2.47. The molecular weight excluding hydrogens is 454 g/mol. The number of carbonyl (C=O) groups excluding carboxylic acids is 2. The molecule has 1 saturated heterocycles. The van der Waals surface area contributed by atoms with Crippen LogP contribution in [0.15, 0.2) is 77.7 Å². The third kappa shape index (κ3) is 3.40. The van der Waals surface area contributed by atoms with E-state index in [1.807, 2.05) is 0 Å². The van der Waals surface area contributed by atoms with Crippen LogP contribution in [0, 0.1) is 0 Å². The number of hydrogen-bond acceptors (Lipinski definition) is 5. The molecule has 8 nitrogen and oxygen atoms in total. The monoisotopic (exact) mass is 477 g/mol. The molecule has 0 bridgehead atoms. The molecule has 174 valence electrons. The standard InChI is InChI=1S/C25H23N3O5S/c1-33-20-9-7-17(8-10-20)23(29)28-14-13-18-15-21(11-12-22(18)28)34(31,32)25(16-26-24(30)27-25)19-5-3-2-4-6-19/h2-12,15H,13-14,16H2,1H3,(H2,26,27,30). The Morgan fingerprint density at radius 2 is 1.76 bits per heavy atom. The van der Waals surface area contributed by atoms with E-state index in [0.717, 1.165) is 5.56 Å². The summed E-state index contributed by atoms with van der Waals surface area (Å²) >= 11 is 0. The van der Waals surface area contributed by atoms with E-state index in [9.17, 15) is 18.0 Å². The van der Waals surface area contributed by atoms with Crippen LogP contribution < -0.4 is 20.3 Å². The Bertz CT molecular complexity index is 1370. The van der Waals surface area contributed by atoms with Crippen molar-refractivity contribution < 1.29 is 22.7 Å². The molecular formula is C25H23N3O5S. The average molecular weight is 478 g/mol. The predicted octanol–water partition coefficient (Wildman–Crippen LogP) is 2.84. The zero-order chi connectivity index (χ0) is 23.9. The first kappa shape index (κ1) is 22.0. The summed E-state index contributed by atoms with van der Waals surface area (Å²) in [4.78, 5) is 25.3. The van der Waals surface area contributed by atoms with E-state index in [1.165, 1.54) is 6.07 Å². The van der Waals surface area contributed by atoms with Gasteiger partial charge in [-0.1, -0.05) is 30.3 Å². The van der Waals surface area contributed by atoms with E-state index in [-0.39, 0.29) is 17.3 Å². The number of rotatable bonds is 5. The van der Waals surface area contributed by atoms with Crippen molar-refractivity contribution in [1.29, 1.82) is 0 Å². The van der Waals surface area contributed by atoms with Crippen molar-refractivity contribution in [2.24, 2.45) is 0 Å². The SMILES string of the molecule is COc1ccc(C(=O)N2CCc3cc(S(=O)(=O)C4(c5ccccc5)CNC(=O)N4)ccc32)cc1. The molecule has 1 fully saturated rings. The topological polar surface area (TPSA) is 105 Å². The molecule has 0 aromatic heterocycles. The second-order valence-corrected chi connectivity index (χ2v) is 10.4. The molecule has 0 saturated carbocycles. The van der Waals surface area contributed by atoms with E-state index < -0.39 is 20.7 Å². The number of nitrogens with zero attached hydrogens (tertiary/aromatic N) is 1. The van der Waals surface area contributed by atoms with E-state index >= 15 is 0 Å². The molecule has 2 heterocycles. The van der Waals surface area contributed by atoms with Crippen molar-refractivity contribution in [1.82, 2.24) is 10.6 Å². The van der Waals surface area contributed by atoms with Crippen LogP contribution in [0.2, 0.25) is 0 Å². The summed E-state index contributed by atoms with van der Waals surface area (Å²) in [5.41, 5.74) is 2.45. The van der Waals surface area contributed by atoms with Crippen LogP contribution in [-0.4, -0.2) is 40.6 Å². The normalized spacial score (nSPS) is 19.3. The summed E-state index contributed by atoms with van der Waals surface area (Å²) in [6.07, 6.45) is 0.531. The van der Waals surface area contributed by atoms with Gasteiger partial charge in [-0.05, 0) is 60.0 Å². The van der Waals surface area contributed by atoms with Crippen LogP contribution in [0.5, 0.6) is 5.75 Å². The number of hydrogen-bond donors (Lipinski definition) is 2. The molecule has 0 radical (unpaired) electrons. The fourth-order valence-corrected chi connectivity index (χ4v) is 6.40. The van der Waals surface area contributed by atoms with Gasteiger partial charge in [-0.25, -0.2) is 13.2 Å². The Morgan fingerprint density at radius 1 is 1.03 bits per heavy atom. The van der Waals surface area contributed by atoms with Crippen LogP contribution in [-0.2, 0) is 21.1 Å². The summed E-state index contributed by atoms with van der Waals surface area (Å²) < 4.78 is 32.9. The number of ether oxygens (including phenoxy) is 1. The summed E-state index contributed by atoms with van der Waals surface area (Å²) in [7, 11) is -2.45. The number of amides is 3. The highest BCUT2D eigenvalue weighted by atomic mass is 32.2. The van der Waals surface area contributed by atoms with Gasteiger partial charge in [-0.15, -0.1) is 0 Å². The number of anilines is 1. The number of urea groups is 1. The second kappa shape index (κ2) is 8.18. The Hall–Kier alpha value is -3.85. The number of benzene rings is 3. The largest absolute Gasteiger partial charge is 0.497 e. The van der Waals surface area contributed by atoms with Gasteiger partial charge >= 0.3 is 6.03 Å². The molecule has 3 aromatic rings. The Balaban J connectivity index is 1.50. The average Bonchev–Trinajstić information content (AvgIpc) is 3.48. The first-order valence-corrected chi connectivity index (χ1v) is 12.3. The summed E-state index contributed by atoms with van der Waals surface area (Å²) in [5, 5.41) is 5.23. The van der Waals surface area contributed by atoms with E-state index in [2.05, 4.69) is 10.6 Å². The smallest absolute Gasteiger partial charge is 0.316 e. The molecule has 0 aliphatic carbocycles. The summed E-state index contributed by atoms with van der Waals surface area (Å²) in [5.74, 6) is 0.499. The molecule has 5 rings (SSSR count). The van der Waals surface area contributed by atoms with Crippen LogP contribution >= 0.6 is 0 Å². The minimum Gasteiger partial charge on any atom is -0.497 e. The van der Waals surface area contributed by atoms with Gasteiger partial charge in [-0.2, -0.15) is 0 Å². The lowest BCUT2D eigenvalue weighted by molar-refractivity contribution is 0.0989. The van der Waals surface area contributed by atoms with Crippen molar-refractivity contribution >= 4 is 27.5 Å². The number of fused-ring (bicyclic) bond motifs is 1. The van der Waals surface area contributed by atoms with Crippen molar-refractivity contribution in [3.05, 3.63) is 89.5 Å². The number of carbonyl (C=O) groups is 2.